The summed E-state index contributed by atoms with van der Waals surface area (Å²) in [4.78, 5) is 19.5. The Kier molecular flexibility index (Phi) is 5.87. The number of nitrogens with zero attached hydrogens (tertiary/aromatic N) is 2. The molecule has 26 heavy (non-hydrogen) atoms. The van der Waals surface area contributed by atoms with Gasteiger partial charge in [-0.3, -0.25) is 4.79 Å². The second-order valence-electron chi connectivity index (χ2n) is 5.17. The normalized spacial score (nSPS) is 12.0. The van der Waals surface area contributed by atoms with E-state index in [4.69, 9.17) is 11.6 Å². The molecule has 0 aliphatic carbocycles. The number of hydrogen-bond donors (Lipinski definition) is 1. The Morgan fingerprint density at radius 3 is 2.54 bits per heavy atom. The Morgan fingerprint density at radius 1 is 1.27 bits per heavy atom. The molecule has 0 atom stereocenters. The number of aromatic nitrogens is 2. The minimum Gasteiger partial charge on any atom is -0.320 e. The average molecular weight is 408 g/mol. The maximum atomic E-state index is 13.0. The molecule has 1 aromatic heterocycles. The summed E-state index contributed by atoms with van der Waals surface area (Å²) in [5, 5.41) is 1.15. The molecular formula is C15H13ClF3N3O3S. The number of nitrogens with one attached hydrogen (secondary N) is 1. The van der Waals surface area contributed by atoms with Crippen LogP contribution in [0.1, 0.15) is 29.4 Å². The summed E-state index contributed by atoms with van der Waals surface area (Å²) in [6.45, 7) is 1.63. The van der Waals surface area contributed by atoms with Crippen LogP contribution in [0.5, 0.6) is 0 Å². The molecule has 140 valence electrons. The summed E-state index contributed by atoms with van der Waals surface area (Å²) in [7, 11) is -3.83. The fourth-order valence-corrected chi connectivity index (χ4v) is 3.38. The molecule has 11 heteroatoms. The quantitative estimate of drug-likeness (QED) is 0.765. The summed E-state index contributed by atoms with van der Waals surface area (Å²) in [5.74, 6) is -1.32. The number of carbonyl (C=O) groups is 1. The van der Waals surface area contributed by atoms with Gasteiger partial charge < -0.3 is 5.32 Å². The van der Waals surface area contributed by atoms with Gasteiger partial charge in [0.25, 0.3) is 5.91 Å². The summed E-state index contributed by atoms with van der Waals surface area (Å²) < 4.78 is 63.0. The third-order valence-corrected chi connectivity index (χ3v) is 5.14. The second kappa shape index (κ2) is 7.58. The molecule has 0 aliphatic heterocycles. The Bertz CT molecular complexity index is 933. The molecule has 0 spiro atoms. The molecule has 1 amide bonds. The molecule has 0 aliphatic rings. The van der Waals surface area contributed by atoms with Gasteiger partial charge in [0.1, 0.15) is 0 Å². The van der Waals surface area contributed by atoms with Crippen LogP contribution in [0.4, 0.5) is 18.9 Å². The standard InChI is InChI=1S/C15H13ClF3N3O3S/c1-2-7-26(24,25)14-20-8-10(16)12(22-14)13(23)21-11-6-4-3-5-9(11)15(17,18)19/h3-6,8H,2,7H2,1H3,(H,21,23). The minimum atomic E-state index is -4.69. The van der Waals surface area contributed by atoms with E-state index in [1.165, 1.54) is 12.1 Å². The van der Waals surface area contributed by atoms with Crippen molar-refractivity contribution >= 4 is 33.0 Å². The SMILES string of the molecule is CCCS(=O)(=O)c1ncc(Cl)c(C(=O)Nc2ccccc2C(F)(F)F)n1. The molecule has 1 N–H and O–H groups in total. The number of carbonyl (C=O) groups excluding carboxylic acids is 1. The monoisotopic (exact) mass is 407 g/mol. The van der Waals surface area contributed by atoms with E-state index in [1.54, 1.807) is 6.92 Å². The van der Waals surface area contributed by atoms with Crippen molar-refractivity contribution in [2.45, 2.75) is 24.7 Å². The van der Waals surface area contributed by atoms with E-state index in [0.29, 0.717) is 6.42 Å². The van der Waals surface area contributed by atoms with Gasteiger partial charge in [0.2, 0.25) is 15.0 Å². The number of rotatable bonds is 5. The van der Waals surface area contributed by atoms with Crippen LogP contribution in [0.2, 0.25) is 5.02 Å². The van der Waals surface area contributed by atoms with Crippen LogP contribution < -0.4 is 5.32 Å². The zero-order valence-electron chi connectivity index (χ0n) is 13.3. The molecule has 1 heterocycles. The summed E-state index contributed by atoms with van der Waals surface area (Å²) in [6.07, 6.45) is -3.47. The summed E-state index contributed by atoms with van der Waals surface area (Å²) >= 11 is 5.81. The highest BCUT2D eigenvalue weighted by Crippen LogP contribution is 2.34. The first-order valence-corrected chi connectivity index (χ1v) is 9.32. The van der Waals surface area contributed by atoms with Crippen molar-refractivity contribution in [2.75, 3.05) is 11.1 Å². The molecule has 0 radical (unpaired) electrons. The fraction of sp³-hybridized carbons (Fsp3) is 0.267. The molecule has 2 aromatic rings. The van der Waals surface area contributed by atoms with Crippen molar-refractivity contribution in [2.24, 2.45) is 0 Å². The van der Waals surface area contributed by atoms with Gasteiger partial charge in [-0.05, 0) is 18.6 Å². The number of alkyl halides is 3. The molecule has 6 nitrogen and oxygen atoms in total. The molecule has 1 aromatic carbocycles. The first-order valence-electron chi connectivity index (χ1n) is 7.29. The molecule has 0 bridgehead atoms. The molecule has 0 unspecified atom stereocenters. The Hall–Kier alpha value is -2.20. The lowest BCUT2D eigenvalue weighted by molar-refractivity contribution is -0.136. The lowest BCUT2D eigenvalue weighted by Crippen LogP contribution is -2.20. The van der Waals surface area contributed by atoms with Gasteiger partial charge in [0.05, 0.1) is 28.2 Å². The highest BCUT2D eigenvalue weighted by Gasteiger charge is 2.34. The van der Waals surface area contributed by atoms with Crippen LogP contribution in [-0.2, 0) is 16.0 Å². The van der Waals surface area contributed by atoms with E-state index in [-0.39, 0.29) is 10.8 Å². The summed E-state index contributed by atoms with van der Waals surface area (Å²) in [5.41, 5.74) is -2.09. The number of hydrogen-bond acceptors (Lipinski definition) is 5. The van der Waals surface area contributed by atoms with Crippen LogP contribution in [0, 0.1) is 0 Å². The number of halogens is 4. The Morgan fingerprint density at radius 2 is 1.92 bits per heavy atom. The van der Waals surface area contributed by atoms with Crippen molar-refractivity contribution in [1.29, 1.82) is 0 Å². The van der Waals surface area contributed by atoms with Crippen LogP contribution in [0.3, 0.4) is 0 Å². The van der Waals surface area contributed by atoms with Crippen LogP contribution >= 0.6 is 11.6 Å². The van der Waals surface area contributed by atoms with Crippen LogP contribution in [-0.4, -0.2) is 30.0 Å². The molecule has 2 rings (SSSR count). The lowest BCUT2D eigenvalue weighted by Gasteiger charge is -2.13. The lowest BCUT2D eigenvalue weighted by atomic mass is 10.1. The number of amides is 1. The highest BCUT2D eigenvalue weighted by atomic mass is 35.5. The minimum absolute atomic E-state index is 0.243. The molecule has 0 fully saturated rings. The van der Waals surface area contributed by atoms with Crippen molar-refractivity contribution in [3.8, 4) is 0 Å². The van der Waals surface area contributed by atoms with Crippen molar-refractivity contribution in [3.63, 3.8) is 0 Å². The van der Waals surface area contributed by atoms with Crippen molar-refractivity contribution < 1.29 is 26.4 Å². The molecule has 0 saturated carbocycles. The predicted octanol–water partition coefficient (Wildman–Crippen LogP) is 3.58. The van der Waals surface area contributed by atoms with E-state index < -0.39 is 44.0 Å². The number of para-hydroxylation sites is 1. The van der Waals surface area contributed by atoms with E-state index in [0.717, 1.165) is 18.3 Å². The zero-order valence-corrected chi connectivity index (χ0v) is 14.9. The molecular weight excluding hydrogens is 395 g/mol. The van der Waals surface area contributed by atoms with Gasteiger partial charge in [-0.2, -0.15) is 13.2 Å². The first-order chi connectivity index (χ1) is 12.1. The van der Waals surface area contributed by atoms with Gasteiger partial charge in [0.15, 0.2) is 5.69 Å². The van der Waals surface area contributed by atoms with Gasteiger partial charge in [-0.25, -0.2) is 18.4 Å². The summed E-state index contributed by atoms with van der Waals surface area (Å²) in [6, 6.07) is 4.34. The fourth-order valence-electron chi connectivity index (χ4n) is 2.04. The largest absolute Gasteiger partial charge is 0.418 e. The number of sulfone groups is 1. The second-order valence-corrected chi connectivity index (χ2v) is 7.58. The van der Waals surface area contributed by atoms with Crippen LogP contribution in [0.25, 0.3) is 0 Å². The van der Waals surface area contributed by atoms with E-state index >= 15 is 0 Å². The zero-order chi connectivity index (χ0) is 19.5. The van der Waals surface area contributed by atoms with Gasteiger partial charge in [-0.15, -0.1) is 0 Å². The Labute approximate surface area is 152 Å². The first kappa shape index (κ1) is 20.1. The Balaban J connectivity index is 2.40. The number of benzene rings is 1. The van der Waals surface area contributed by atoms with Crippen LogP contribution in [0.15, 0.2) is 35.6 Å². The van der Waals surface area contributed by atoms with Crippen molar-refractivity contribution in [1.82, 2.24) is 9.97 Å². The van der Waals surface area contributed by atoms with E-state index in [9.17, 15) is 26.4 Å². The third-order valence-electron chi connectivity index (χ3n) is 3.17. The molecule has 0 saturated heterocycles. The number of anilines is 1. The highest BCUT2D eigenvalue weighted by molar-refractivity contribution is 7.91. The maximum absolute atomic E-state index is 13.0. The smallest absolute Gasteiger partial charge is 0.320 e. The van der Waals surface area contributed by atoms with Gasteiger partial charge in [-0.1, -0.05) is 30.7 Å². The predicted molar refractivity (Wildman–Crippen MR) is 88.8 cm³/mol. The van der Waals surface area contributed by atoms with Gasteiger partial charge >= 0.3 is 6.18 Å². The van der Waals surface area contributed by atoms with Crippen molar-refractivity contribution in [3.05, 3.63) is 46.7 Å². The van der Waals surface area contributed by atoms with E-state index in [1.807, 2.05) is 0 Å². The maximum Gasteiger partial charge on any atom is 0.418 e. The van der Waals surface area contributed by atoms with E-state index in [2.05, 4.69) is 15.3 Å². The average Bonchev–Trinajstić information content (AvgIpc) is 2.54. The van der Waals surface area contributed by atoms with Gasteiger partial charge in [0, 0.05) is 0 Å². The third kappa shape index (κ3) is 4.50. The topological polar surface area (TPSA) is 89.0 Å².